The van der Waals surface area contributed by atoms with Crippen molar-refractivity contribution in [3.63, 3.8) is 0 Å². The molecule has 0 saturated heterocycles. The Bertz CT molecular complexity index is 241. The molecule has 3 atom stereocenters. The van der Waals surface area contributed by atoms with E-state index in [9.17, 15) is 0 Å². The fraction of sp³-hybridized carbons (Fsp3) is 0.692. The van der Waals surface area contributed by atoms with E-state index in [2.05, 4.69) is 32.1 Å². The predicted octanol–water partition coefficient (Wildman–Crippen LogP) is 2.35. The van der Waals surface area contributed by atoms with Gasteiger partial charge in [-0.3, -0.25) is 0 Å². The highest BCUT2D eigenvalue weighted by molar-refractivity contribution is 5.13. The van der Waals surface area contributed by atoms with Crippen molar-refractivity contribution in [2.75, 3.05) is 0 Å². The second-order valence-electron chi connectivity index (χ2n) is 4.83. The van der Waals surface area contributed by atoms with Crippen LogP contribution in [-0.2, 0) is 0 Å². The average Bonchev–Trinajstić information content (AvgIpc) is 2.11. The molecule has 3 unspecified atom stereocenters. The van der Waals surface area contributed by atoms with Gasteiger partial charge in [-0.15, -0.1) is 0 Å². The molecule has 0 aromatic heterocycles. The maximum atomic E-state index is 6.02. The van der Waals surface area contributed by atoms with Crippen LogP contribution >= 0.6 is 0 Å². The van der Waals surface area contributed by atoms with Crippen LogP contribution in [0, 0.1) is 5.92 Å². The molecule has 0 aromatic rings. The van der Waals surface area contributed by atoms with Gasteiger partial charge in [-0.1, -0.05) is 30.7 Å². The molecule has 0 fully saturated rings. The number of nitrogens with two attached hydrogens (primary N) is 2. The van der Waals surface area contributed by atoms with E-state index in [1.807, 2.05) is 0 Å². The van der Waals surface area contributed by atoms with Crippen LogP contribution in [0.2, 0.25) is 0 Å². The lowest BCUT2D eigenvalue weighted by Gasteiger charge is -2.17. The van der Waals surface area contributed by atoms with Crippen LogP contribution < -0.4 is 11.5 Å². The largest absolute Gasteiger partial charge is 0.328 e. The molecule has 0 bridgehead atoms. The van der Waals surface area contributed by atoms with Gasteiger partial charge in [-0.25, -0.2) is 0 Å². The van der Waals surface area contributed by atoms with Gasteiger partial charge in [0.05, 0.1) is 0 Å². The predicted molar refractivity (Wildman–Crippen MR) is 66.5 cm³/mol. The summed E-state index contributed by atoms with van der Waals surface area (Å²) in [7, 11) is 0. The Hall–Kier alpha value is -0.600. The zero-order chi connectivity index (χ0) is 11.3. The Morgan fingerprint density at radius 2 is 2.27 bits per heavy atom. The number of hydrogen-bond acceptors (Lipinski definition) is 2. The monoisotopic (exact) mass is 208 g/mol. The van der Waals surface area contributed by atoms with Crippen molar-refractivity contribution in [1.82, 2.24) is 0 Å². The quantitative estimate of drug-likeness (QED) is 0.699. The molecule has 0 saturated carbocycles. The van der Waals surface area contributed by atoms with Gasteiger partial charge in [0.1, 0.15) is 0 Å². The summed E-state index contributed by atoms with van der Waals surface area (Å²) in [6.07, 6.45) is 11.0. The number of rotatable bonds is 3. The number of allylic oxidation sites excluding steroid dienone is 2. The molecule has 0 aromatic carbocycles. The Balaban J connectivity index is 2.56. The maximum absolute atomic E-state index is 6.02. The normalized spacial score (nSPS) is 34.8. The minimum atomic E-state index is 0.285. The van der Waals surface area contributed by atoms with Crippen LogP contribution in [0.4, 0.5) is 0 Å². The molecule has 0 heterocycles. The molecule has 15 heavy (non-hydrogen) atoms. The van der Waals surface area contributed by atoms with Gasteiger partial charge in [0.2, 0.25) is 0 Å². The zero-order valence-corrected chi connectivity index (χ0v) is 9.95. The van der Waals surface area contributed by atoms with Crippen molar-refractivity contribution < 1.29 is 0 Å². The Morgan fingerprint density at radius 1 is 1.53 bits per heavy atom. The lowest BCUT2D eigenvalue weighted by atomic mass is 9.92. The molecule has 86 valence electrons. The summed E-state index contributed by atoms with van der Waals surface area (Å²) in [6, 6.07) is 0.575. The van der Waals surface area contributed by atoms with E-state index in [0.29, 0.717) is 12.0 Å². The van der Waals surface area contributed by atoms with Crippen LogP contribution in [0.25, 0.3) is 0 Å². The first-order chi connectivity index (χ1) is 7.08. The van der Waals surface area contributed by atoms with Crippen molar-refractivity contribution in [3.8, 4) is 0 Å². The summed E-state index contributed by atoms with van der Waals surface area (Å²) in [6.45, 7) is 4.28. The third-order valence-corrected chi connectivity index (χ3v) is 2.82. The Kier molecular flexibility index (Phi) is 5.06. The summed E-state index contributed by atoms with van der Waals surface area (Å²) in [4.78, 5) is 0. The molecular weight excluding hydrogens is 184 g/mol. The van der Waals surface area contributed by atoms with Crippen LogP contribution in [0.3, 0.4) is 0 Å². The van der Waals surface area contributed by atoms with Crippen LogP contribution in [-0.4, -0.2) is 12.1 Å². The first-order valence-corrected chi connectivity index (χ1v) is 5.95. The first-order valence-electron chi connectivity index (χ1n) is 5.95. The first kappa shape index (κ1) is 12.5. The summed E-state index contributed by atoms with van der Waals surface area (Å²) < 4.78 is 0. The molecule has 1 aliphatic carbocycles. The molecule has 4 N–H and O–H groups in total. The molecule has 0 amide bonds. The van der Waals surface area contributed by atoms with Crippen molar-refractivity contribution in [3.05, 3.63) is 23.8 Å². The van der Waals surface area contributed by atoms with E-state index in [4.69, 9.17) is 11.5 Å². The van der Waals surface area contributed by atoms with E-state index in [1.165, 1.54) is 5.57 Å². The molecule has 0 spiro atoms. The SMILES string of the molecule is CC1/C=C\CC(N)C/C(CCC(C)N)=C\1. The number of hydrogen-bond donors (Lipinski definition) is 2. The fourth-order valence-corrected chi connectivity index (χ4v) is 1.98. The second kappa shape index (κ2) is 6.09. The van der Waals surface area contributed by atoms with Gasteiger partial charge < -0.3 is 11.5 Å². The standard InChI is InChI=1S/C13H24N2/c1-10-4-3-5-13(15)9-12(8-10)7-6-11(2)14/h3-4,8,10-11,13H,5-7,9,14-15H2,1-2H3/b4-3-,12-8-. The van der Waals surface area contributed by atoms with Crippen molar-refractivity contribution in [2.24, 2.45) is 17.4 Å². The summed E-state index contributed by atoms with van der Waals surface area (Å²) >= 11 is 0. The molecule has 0 aliphatic heterocycles. The van der Waals surface area contributed by atoms with Gasteiger partial charge in [0.25, 0.3) is 0 Å². The molecule has 1 rings (SSSR count). The van der Waals surface area contributed by atoms with Gasteiger partial charge >= 0.3 is 0 Å². The van der Waals surface area contributed by atoms with Gasteiger partial charge in [-0.2, -0.15) is 0 Å². The van der Waals surface area contributed by atoms with Crippen LogP contribution in [0.5, 0.6) is 0 Å². The summed E-state index contributed by atoms with van der Waals surface area (Å²) in [5.74, 6) is 0.542. The maximum Gasteiger partial charge on any atom is 0.0111 e. The minimum Gasteiger partial charge on any atom is -0.328 e. The third kappa shape index (κ3) is 5.14. The van der Waals surface area contributed by atoms with E-state index in [0.717, 1.165) is 25.7 Å². The molecular formula is C13H24N2. The van der Waals surface area contributed by atoms with Crippen LogP contribution in [0.1, 0.15) is 39.5 Å². The lowest BCUT2D eigenvalue weighted by Crippen LogP contribution is -2.21. The van der Waals surface area contributed by atoms with Gasteiger partial charge in [-0.05, 0) is 38.5 Å². The van der Waals surface area contributed by atoms with E-state index in [1.54, 1.807) is 0 Å². The highest BCUT2D eigenvalue weighted by Gasteiger charge is 2.09. The topological polar surface area (TPSA) is 52.0 Å². The van der Waals surface area contributed by atoms with Crippen molar-refractivity contribution in [2.45, 2.75) is 51.6 Å². The highest BCUT2D eigenvalue weighted by atomic mass is 14.6. The second-order valence-corrected chi connectivity index (χ2v) is 4.83. The third-order valence-electron chi connectivity index (χ3n) is 2.82. The molecule has 1 aliphatic rings. The minimum absolute atomic E-state index is 0.285. The molecule has 0 radical (unpaired) electrons. The highest BCUT2D eigenvalue weighted by Crippen LogP contribution is 2.20. The summed E-state index contributed by atoms with van der Waals surface area (Å²) in [5, 5.41) is 0. The lowest BCUT2D eigenvalue weighted by molar-refractivity contribution is 0.601. The fourth-order valence-electron chi connectivity index (χ4n) is 1.98. The van der Waals surface area contributed by atoms with Crippen molar-refractivity contribution >= 4 is 0 Å². The van der Waals surface area contributed by atoms with E-state index in [-0.39, 0.29) is 6.04 Å². The van der Waals surface area contributed by atoms with Gasteiger partial charge in [0.15, 0.2) is 0 Å². The smallest absolute Gasteiger partial charge is 0.0111 e. The van der Waals surface area contributed by atoms with E-state index >= 15 is 0 Å². The van der Waals surface area contributed by atoms with Gasteiger partial charge in [0, 0.05) is 12.1 Å². The molecule has 2 heteroatoms. The molecule has 2 nitrogen and oxygen atoms in total. The summed E-state index contributed by atoms with van der Waals surface area (Å²) in [5.41, 5.74) is 13.3. The van der Waals surface area contributed by atoms with Crippen molar-refractivity contribution in [1.29, 1.82) is 0 Å². The Morgan fingerprint density at radius 3 is 2.93 bits per heavy atom. The zero-order valence-electron chi connectivity index (χ0n) is 9.95. The van der Waals surface area contributed by atoms with E-state index < -0.39 is 0 Å². The van der Waals surface area contributed by atoms with Crippen LogP contribution in [0.15, 0.2) is 23.8 Å². The average molecular weight is 208 g/mol. The Labute approximate surface area is 93.4 Å².